The zero-order valence-electron chi connectivity index (χ0n) is 9.35. The van der Waals surface area contributed by atoms with E-state index in [1.54, 1.807) is 0 Å². The SMILES string of the molecule is CC(C)N(C)CCNC(=O)CCCCl. The van der Waals surface area contributed by atoms with Crippen molar-refractivity contribution in [2.45, 2.75) is 32.7 Å². The minimum Gasteiger partial charge on any atom is -0.355 e. The van der Waals surface area contributed by atoms with E-state index in [1.807, 2.05) is 0 Å². The van der Waals surface area contributed by atoms with Crippen LogP contribution >= 0.6 is 11.6 Å². The summed E-state index contributed by atoms with van der Waals surface area (Å²) in [5.74, 6) is 0.655. The summed E-state index contributed by atoms with van der Waals surface area (Å²) in [7, 11) is 2.05. The highest BCUT2D eigenvalue weighted by Gasteiger charge is 2.03. The number of amides is 1. The summed E-state index contributed by atoms with van der Waals surface area (Å²) in [5, 5.41) is 2.86. The third kappa shape index (κ3) is 7.15. The van der Waals surface area contributed by atoms with Gasteiger partial charge in [-0.25, -0.2) is 0 Å². The van der Waals surface area contributed by atoms with Gasteiger partial charge in [0, 0.05) is 31.4 Å². The fraction of sp³-hybridized carbons (Fsp3) is 0.900. The van der Waals surface area contributed by atoms with E-state index in [2.05, 4.69) is 31.1 Å². The molecule has 0 atom stereocenters. The normalized spacial score (nSPS) is 11.0. The van der Waals surface area contributed by atoms with Crippen LogP contribution in [0.1, 0.15) is 26.7 Å². The molecule has 0 bridgehead atoms. The van der Waals surface area contributed by atoms with Crippen LogP contribution in [0, 0.1) is 0 Å². The maximum Gasteiger partial charge on any atom is 0.220 e. The molecule has 0 aromatic rings. The summed E-state index contributed by atoms with van der Waals surface area (Å²) in [6.07, 6.45) is 1.29. The van der Waals surface area contributed by atoms with Crippen LogP contribution in [-0.4, -0.2) is 42.9 Å². The third-order valence-corrected chi connectivity index (χ3v) is 2.47. The highest BCUT2D eigenvalue weighted by molar-refractivity contribution is 6.17. The van der Waals surface area contributed by atoms with Crippen LogP contribution in [0.2, 0.25) is 0 Å². The average Bonchev–Trinajstić information content (AvgIpc) is 2.14. The predicted octanol–water partition coefficient (Wildman–Crippen LogP) is 1.46. The monoisotopic (exact) mass is 220 g/mol. The van der Waals surface area contributed by atoms with Crippen LogP contribution < -0.4 is 5.32 Å². The smallest absolute Gasteiger partial charge is 0.220 e. The summed E-state index contributed by atoms with van der Waals surface area (Å²) in [6, 6.07) is 0.523. The summed E-state index contributed by atoms with van der Waals surface area (Å²) in [6.45, 7) is 5.88. The van der Waals surface area contributed by atoms with E-state index >= 15 is 0 Å². The standard InChI is InChI=1S/C10H21ClN2O/c1-9(2)13(3)8-7-12-10(14)5-4-6-11/h9H,4-8H2,1-3H3,(H,12,14). The molecule has 0 heterocycles. The Morgan fingerprint density at radius 2 is 2.14 bits per heavy atom. The molecule has 3 nitrogen and oxygen atoms in total. The number of hydrogen-bond acceptors (Lipinski definition) is 2. The van der Waals surface area contributed by atoms with Gasteiger partial charge in [0.05, 0.1) is 0 Å². The second-order valence-corrected chi connectivity index (χ2v) is 4.09. The van der Waals surface area contributed by atoms with E-state index in [0.717, 1.165) is 19.5 Å². The lowest BCUT2D eigenvalue weighted by Gasteiger charge is -2.20. The second kappa shape index (κ2) is 8.06. The van der Waals surface area contributed by atoms with Crippen LogP contribution in [0.4, 0.5) is 0 Å². The molecule has 0 saturated heterocycles. The van der Waals surface area contributed by atoms with Gasteiger partial charge in [-0.2, -0.15) is 0 Å². The van der Waals surface area contributed by atoms with E-state index < -0.39 is 0 Å². The van der Waals surface area contributed by atoms with Gasteiger partial charge >= 0.3 is 0 Å². The molecule has 14 heavy (non-hydrogen) atoms. The Balaban J connectivity index is 3.39. The first-order valence-corrected chi connectivity index (χ1v) is 5.64. The van der Waals surface area contributed by atoms with Crippen LogP contribution in [0.3, 0.4) is 0 Å². The molecular weight excluding hydrogens is 200 g/mol. The molecule has 1 N–H and O–H groups in total. The van der Waals surface area contributed by atoms with E-state index in [9.17, 15) is 4.79 Å². The van der Waals surface area contributed by atoms with Crippen LogP contribution in [0.15, 0.2) is 0 Å². The van der Waals surface area contributed by atoms with Crippen molar-refractivity contribution in [2.75, 3.05) is 26.0 Å². The molecule has 0 fully saturated rings. The molecule has 0 aliphatic carbocycles. The topological polar surface area (TPSA) is 32.3 Å². The van der Waals surface area contributed by atoms with Crippen molar-refractivity contribution in [3.05, 3.63) is 0 Å². The van der Waals surface area contributed by atoms with Crippen molar-refractivity contribution in [1.29, 1.82) is 0 Å². The Hall–Kier alpha value is -0.280. The predicted molar refractivity (Wildman–Crippen MR) is 60.7 cm³/mol. The molecule has 0 aromatic carbocycles. The zero-order chi connectivity index (χ0) is 11.0. The van der Waals surface area contributed by atoms with Gasteiger partial charge in [-0.15, -0.1) is 11.6 Å². The fourth-order valence-corrected chi connectivity index (χ4v) is 1.08. The number of nitrogens with zero attached hydrogens (tertiary/aromatic N) is 1. The van der Waals surface area contributed by atoms with Gasteiger partial charge in [0.25, 0.3) is 0 Å². The summed E-state index contributed by atoms with van der Waals surface area (Å²) in [4.78, 5) is 13.4. The Bertz CT molecular complexity index is 162. The van der Waals surface area contributed by atoms with E-state index in [4.69, 9.17) is 11.6 Å². The van der Waals surface area contributed by atoms with Gasteiger partial charge in [0.1, 0.15) is 0 Å². The van der Waals surface area contributed by atoms with E-state index in [1.165, 1.54) is 0 Å². The van der Waals surface area contributed by atoms with Crippen LogP contribution in [-0.2, 0) is 4.79 Å². The maximum atomic E-state index is 11.2. The van der Waals surface area contributed by atoms with E-state index in [-0.39, 0.29) is 5.91 Å². The third-order valence-electron chi connectivity index (χ3n) is 2.21. The number of rotatable bonds is 7. The molecule has 0 radical (unpaired) electrons. The lowest BCUT2D eigenvalue weighted by molar-refractivity contribution is -0.121. The molecule has 0 unspecified atom stereocenters. The van der Waals surface area contributed by atoms with Gasteiger partial charge < -0.3 is 10.2 Å². The maximum absolute atomic E-state index is 11.2. The quantitative estimate of drug-likeness (QED) is 0.659. The van der Waals surface area contributed by atoms with Crippen LogP contribution in [0.5, 0.6) is 0 Å². The number of hydrogen-bond donors (Lipinski definition) is 1. The minimum absolute atomic E-state index is 0.0998. The highest BCUT2D eigenvalue weighted by Crippen LogP contribution is 1.93. The van der Waals surface area contributed by atoms with Crippen molar-refractivity contribution in [2.24, 2.45) is 0 Å². The van der Waals surface area contributed by atoms with Crippen molar-refractivity contribution >= 4 is 17.5 Å². The Kier molecular flexibility index (Phi) is 7.90. The minimum atomic E-state index is 0.0998. The molecule has 0 saturated carbocycles. The largest absolute Gasteiger partial charge is 0.355 e. The first-order chi connectivity index (χ1) is 6.57. The first kappa shape index (κ1) is 13.7. The van der Waals surface area contributed by atoms with Crippen LogP contribution in [0.25, 0.3) is 0 Å². The average molecular weight is 221 g/mol. The van der Waals surface area contributed by atoms with Crippen molar-refractivity contribution < 1.29 is 4.79 Å². The number of halogens is 1. The lowest BCUT2D eigenvalue weighted by Crippen LogP contribution is -2.36. The number of nitrogens with one attached hydrogen (secondary N) is 1. The number of carbonyl (C=O) groups is 1. The number of likely N-dealkylation sites (N-methyl/N-ethyl adjacent to an activating group) is 1. The van der Waals surface area contributed by atoms with Crippen molar-refractivity contribution in [3.8, 4) is 0 Å². The van der Waals surface area contributed by atoms with Gasteiger partial charge in [-0.3, -0.25) is 4.79 Å². The molecule has 0 spiro atoms. The molecule has 4 heteroatoms. The van der Waals surface area contributed by atoms with Gasteiger partial charge in [-0.1, -0.05) is 0 Å². The van der Waals surface area contributed by atoms with Crippen molar-refractivity contribution in [3.63, 3.8) is 0 Å². The Morgan fingerprint density at radius 1 is 1.50 bits per heavy atom. The lowest BCUT2D eigenvalue weighted by atomic mass is 10.3. The molecule has 1 amide bonds. The van der Waals surface area contributed by atoms with Gasteiger partial charge in [0.2, 0.25) is 5.91 Å². The zero-order valence-corrected chi connectivity index (χ0v) is 10.1. The number of carbonyl (C=O) groups excluding carboxylic acids is 1. The molecule has 0 rings (SSSR count). The Labute approximate surface area is 91.8 Å². The second-order valence-electron chi connectivity index (χ2n) is 3.72. The highest BCUT2D eigenvalue weighted by atomic mass is 35.5. The molecule has 0 aromatic heterocycles. The molecule has 0 aliphatic rings. The van der Waals surface area contributed by atoms with Gasteiger partial charge in [0.15, 0.2) is 0 Å². The first-order valence-electron chi connectivity index (χ1n) is 5.10. The summed E-state index contributed by atoms with van der Waals surface area (Å²) < 4.78 is 0. The number of alkyl halides is 1. The van der Waals surface area contributed by atoms with Gasteiger partial charge in [-0.05, 0) is 27.3 Å². The summed E-state index contributed by atoms with van der Waals surface area (Å²) in [5.41, 5.74) is 0. The molecule has 0 aliphatic heterocycles. The van der Waals surface area contributed by atoms with E-state index in [0.29, 0.717) is 18.3 Å². The molecular formula is C10H21ClN2O. The van der Waals surface area contributed by atoms with Crippen molar-refractivity contribution in [1.82, 2.24) is 10.2 Å². The molecule has 84 valence electrons. The fourth-order valence-electron chi connectivity index (χ4n) is 0.946. The Morgan fingerprint density at radius 3 is 2.64 bits per heavy atom. The summed E-state index contributed by atoms with van der Waals surface area (Å²) >= 11 is 5.48.